The lowest BCUT2D eigenvalue weighted by Gasteiger charge is -2.63. The summed E-state index contributed by atoms with van der Waals surface area (Å²) in [6, 6.07) is 2.69. The van der Waals surface area contributed by atoms with Crippen LogP contribution in [0.2, 0.25) is 0 Å². The number of hydrogen-bond acceptors (Lipinski definition) is 5. The fourth-order valence-corrected chi connectivity index (χ4v) is 7.98. The number of amides is 2. The zero-order valence-corrected chi connectivity index (χ0v) is 19.9. The normalized spacial score (nSPS) is 25.2. The number of sulfonamides is 1. The first kappa shape index (κ1) is 21.7. The molecular formula is C23H26F2N6O3S. The maximum atomic E-state index is 13.5. The van der Waals surface area contributed by atoms with Gasteiger partial charge in [0.2, 0.25) is 10.0 Å². The van der Waals surface area contributed by atoms with E-state index in [-0.39, 0.29) is 34.8 Å². The molecule has 2 saturated carbocycles. The second kappa shape index (κ2) is 7.00. The molecular weight excluding hydrogens is 478 g/mol. The van der Waals surface area contributed by atoms with Gasteiger partial charge < -0.3 is 9.80 Å². The van der Waals surface area contributed by atoms with Crippen molar-refractivity contribution in [2.45, 2.75) is 42.5 Å². The molecule has 12 heteroatoms. The van der Waals surface area contributed by atoms with Crippen LogP contribution in [0, 0.1) is 22.5 Å². The maximum Gasteiger partial charge on any atom is 0.320 e. The highest BCUT2D eigenvalue weighted by molar-refractivity contribution is 7.89. The summed E-state index contributed by atoms with van der Waals surface area (Å²) in [5, 5.41) is 4.64. The van der Waals surface area contributed by atoms with E-state index in [0.717, 1.165) is 43.9 Å². The van der Waals surface area contributed by atoms with Crippen molar-refractivity contribution in [1.29, 1.82) is 0 Å². The van der Waals surface area contributed by atoms with Crippen molar-refractivity contribution < 1.29 is 22.0 Å². The molecule has 5 fully saturated rings. The third-order valence-electron chi connectivity index (χ3n) is 8.32. The van der Waals surface area contributed by atoms with E-state index in [2.05, 4.69) is 10.1 Å². The SMILES string of the molecule is O=C(N1CC2(CC(n3cnc(C4CC4)n3)C2)C1)N1CC2(C1)CN(S(=O)(=O)c1cc(F)cc(F)c1)C2. The molecule has 0 bridgehead atoms. The summed E-state index contributed by atoms with van der Waals surface area (Å²) in [4.78, 5) is 20.6. The van der Waals surface area contributed by atoms with Gasteiger partial charge in [0.25, 0.3) is 0 Å². The third-order valence-corrected chi connectivity index (χ3v) is 10.1. The van der Waals surface area contributed by atoms with Crippen LogP contribution in [0.3, 0.4) is 0 Å². The predicted octanol–water partition coefficient (Wildman–Crippen LogP) is 2.20. The number of benzene rings is 1. The number of halogens is 2. The lowest BCUT2D eigenvalue weighted by Crippen LogP contribution is -2.76. The van der Waals surface area contributed by atoms with Crippen molar-refractivity contribution >= 4 is 16.1 Å². The van der Waals surface area contributed by atoms with Crippen molar-refractivity contribution in [1.82, 2.24) is 28.9 Å². The van der Waals surface area contributed by atoms with E-state index in [0.29, 0.717) is 31.1 Å². The van der Waals surface area contributed by atoms with E-state index in [1.165, 1.54) is 17.1 Å². The topological polar surface area (TPSA) is 91.6 Å². The third kappa shape index (κ3) is 3.40. The first-order valence-electron chi connectivity index (χ1n) is 12.1. The van der Waals surface area contributed by atoms with E-state index in [9.17, 15) is 22.0 Å². The van der Waals surface area contributed by atoms with Gasteiger partial charge in [-0.3, -0.25) is 0 Å². The monoisotopic (exact) mass is 504 g/mol. The van der Waals surface area contributed by atoms with Gasteiger partial charge in [-0.15, -0.1) is 0 Å². The zero-order chi connectivity index (χ0) is 24.2. The van der Waals surface area contributed by atoms with Crippen LogP contribution in [-0.4, -0.2) is 82.6 Å². The number of hydrogen-bond donors (Lipinski definition) is 0. The Morgan fingerprint density at radius 2 is 1.51 bits per heavy atom. The summed E-state index contributed by atoms with van der Waals surface area (Å²) in [6.45, 7) is 3.02. The number of aromatic nitrogens is 3. The van der Waals surface area contributed by atoms with Gasteiger partial charge in [0.15, 0.2) is 5.82 Å². The predicted molar refractivity (Wildman–Crippen MR) is 119 cm³/mol. The number of likely N-dealkylation sites (tertiary alicyclic amines) is 2. The zero-order valence-electron chi connectivity index (χ0n) is 19.1. The molecule has 0 atom stereocenters. The Morgan fingerprint density at radius 3 is 2.11 bits per heavy atom. The maximum absolute atomic E-state index is 13.5. The Kier molecular flexibility index (Phi) is 4.33. The van der Waals surface area contributed by atoms with E-state index in [1.54, 1.807) is 4.90 Å². The van der Waals surface area contributed by atoms with E-state index < -0.39 is 21.7 Å². The molecule has 2 spiro atoms. The minimum Gasteiger partial charge on any atom is -0.323 e. The molecule has 2 aromatic rings. The van der Waals surface area contributed by atoms with Gasteiger partial charge in [0.05, 0.1) is 10.9 Å². The van der Waals surface area contributed by atoms with E-state index in [4.69, 9.17) is 0 Å². The Hall–Kier alpha value is -2.60. The number of rotatable bonds is 4. The van der Waals surface area contributed by atoms with Crippen LogP contribution >= 0.6 is 0 Å². The van der Waals surface area contributed by atoms with Gasteiger partial charge in [-0.1, -0.05) is 0 Å². The van der Waals surface area contributed by atoms with Gasteiger partial charge in [0, 0.05) is 62.1 Å². The Labute approximate surface area is 201 Å². The average Bonchev–Trinajstić information content (AvgIpc) is 3.41. The van der Waals surface area contributed by atoms with Crippen LogP contribution in [0.15, 0.2) is 29.4 Å². The van der Waals surface area contributed by atoms with Crippen LogP contribution in [0.25, 0.3) is 0 Å². The minimum atomic E-state index is -3.95. The molecule has 9 nitrogen and oxygen atoms in total. The first-order chi connectivity index (χ1) is 16.6. The molecule has 0 unspecified atom stereocenters. The number of nitrogens with zero attached hydrogens (tertiary/aromatic N) is 6. The molecule has 3 aliphatic heterocycles. The number of carbonyl (C=O) groups excluding carboxylic acids is 1. The fourth-order valence-electron chi connectivity index (χ4n) is 6.27. The summed E-state index contributed by atoms with van der Waals surface area (Å²) in [7, 11) is -3.95. The van der Waals surface area contributed by atoms with Gasteiger partial charge in [-0.2, -0.15) is 9.40 Å². The summed E-state index contributed by atoms with van der Waals surface area (Å²) >= 11 is 0. The highest BCUT2D eigenvalue weighted by Crippen LogP contribution is 2.54. The largest absolute Gasteiger partial charge is 0.323 e. The molecule has 3 saturated heterocycles. The van der Waals surface area contributed by atoms with Crippen LogP contribution in [-0.2, 0) is 10.0 Å². The van der Waals surface area contributed by atoms with Crippen molar-refractivity contribution in [3.8, 4) is 0 Å². The van der Waals surface area contributed by atoms with Crippen LogP contribution in [0.1, 0.15) is 43.5 Å². The second-order valence-corrected chi connectivity index (χ2v) is 13.2. The van der Waals surface area contributed by atoms with Crippen molar-refractivity contribution in [3.63, 3.8) is 0 Å². The molecule has 0 N–H and O–H groups in total. The summed E-state index contributed by atoms with van der Waals surface area (Å²) < 4.78 is 55.6. The number of urea groups is 1. The molecule has 186 valence electrons. The van der Waals surface area contributed by atoms with Crippen LogP contribution in [0.5, 0.6) is 0 Å². The lowest BCUT2D eigenvalue weighted by molar-refractivity contribution is -0.101. The molecule has 0 radical (unpaired) electrons. The Morgan fingerprint density at radius 1 is 0.914 bits per heavy atom. The molecule has 2 aliphatic carbocycles. The molecule has 2 amide bonds. The average molecular weight is 505 g/mol. The van der Waals surface area contributed by atoms with E-state index >= 15 is 0 Å². The highest BCUT2D eigenvalue weighted by atomic mass is 32.2. The van der Waals surface area contributed by atoms with Gasteiger partial charge in [-0.25, -0.2) is 31.7 Å². The molecule has 1 aromatic carbocycles. The quantitative estimate of drug-likeness (QED) is 0.637. The molecule has 5 aliphatic rings. The summed E-state index contributed by atoms with van der Waals surface area (Å²) in [5.41, 5.74) is -0.0682. The highest BCUT2D eigenvalue weighted by Gasteiger charge is 2.60. The Bertz CT molecular complexity index is 1290. The second-order valence-electron chi connectivity index (χ2n) is 11.3. The summed E-state index contributed by atoms with van der Waals surface area (Å²) in [6.07, 6.45) is 6.26. The number of carbonyl (C=O) groups is 1. The van der Waals surface area contributed by atoms with Gasteiger partial charge in [0.1, 0.15) is 18.0 Å². The van der Waals surface area contributed by atoms with Crippen molar-refractivity contribution in [3.05, 3.63) is 42.0 Å². The van der Waals surface area contributed by atoms with Crippen molar-refractivity contribution in [2.24, 2.45) is 10.8 Å². The van der Waals surface area contributed by atoms with Gasteiger partial charge >= 0.3 is 6.03 Å². The van der Waals surface area contributed by atoms with Crippen LogP contribution in [0.4, 0.5) is 13.6 Å². The van der Waals surface area contributed by atoms with Crippen molar-refractivity contribution in [2.75, 3.05) is 39.3 Å². The van der Waals surface area contributed by atoms with Crippen LogP contribution < -0.4 is 0 Å². The first-order valence-corrected chi connectivity index (χ1v) is 13.5. The van der Waals surface area contributed by atoms with E-state index in [1.807, 2.05) is 15.9 Å². The Balaban J connectivity index is 0.891. The lowest BCUT2D eigenvalue weighted by atomic mass is 9.60. The molecule has 7 rings (SSSR count). The molecule has 4 heterocycles. The standard InChI is InChI=1S/C23H26F2N6O3S/c24-16-3-17(25)5-19(4-16)35(33,34)30-12-23(13-30)10-29(11-23)21(32)28-8-22(9-28)6-18(7-22)31-14-26-20(27-31)15-1-2-15/h3-5,14-15,18H,1-2,6-13H2. The molecule has 1 aromatic heterocycles. The summed E-state index contributed by atoms with van der Waals surface area (Å²) in [5.74, 6) is -0.329. The minimum absolute atomic E-state index is 0.00924. The molecule has 35 heavy (non-hydrogen) atoms. The van der Waals surface area contributed by atoms with Gasteiger partial charge in [-0.05, 0) is 37.8 Å². The fraction of sp³-hybridized carbons (Fsp3) is 0.609. The smallest absolute Gasteiger partial charge is 0.320 e.